The summed E-state index contributed by atoms with van der Waals surface area (Å²) in [6, 6.07) is 6.10. The van der Waals surface area contributed by atoms with E-state index in [1.807, 2.05) is 18.6 Å². The Bertz CT molecular complexity index is 591. The zero-order valence-corrected chi connectivity index (χ0v) is 13.1. The number of hydrogen-bond acceptors (Lipinski definition) is 3. The third kappa shape index (κ3) is 2.60. The van der Waals surface area contributed by atoms with Crippen LogP contribution in [0.2, 0.25) is 0 Å². The van der Waals surface area contributed by atoms with Crippen LogP contribution in [0.15, 0.2) is 35.2 Å². The summed E-state index contributed by atoms with van der Waals surface area (Å²) in [7, 11) is 1.68. The first kappa shape index (κ1) is 13.6. The Hall–Kier alpha value is -1.33. The van der Waals surface area contributed by atoms with Crippen LogP contribution >= 0.6 is 15.9 Å². The summed E-state index contributed by atoms with van der Waals surface area (Å²) in [5.41, 5.74) is 2.38. The molecule has 106 valence electrons. The second kappa shape index (κ2) is 5.97. The van der Waals surface area contributed by atoms with Gasteiger partial charge in [0, 0.05) is 30.0 Å². The number of ether oxygens (including phenoxy) is 1. The van der Waals surface area contributed by atoms with Crippen LogP contribution in [0.25, 0.3) is 5.69 Å². The van der Waals surface area contributed by atoms with Gasteiger partial charge < -0.3 is 14.6 Å². The second-order valence-corrected chi connectivity index (χ2v) is 5.90. The van der Waals surface area contributed by atoms with Gasteiger partial charge in [0.25, 0.3) is 0 Å². The van der Waals surface area contributed by atoms with Crippen LogP contribution < -0.4 is 10.1 Å². The molecule has 1 aliphatic heterocycles. The van der Waals surface area contributed by atoms with Crippen molar-refractivity contribution in [3.63, 3.8) is 0 Å². The normalized spacial score (nSPS) is 19.0. The number of methoxy groups -OCH3 is 1. The second-order valence-electron chi connectivity index (χ2n) is 5.05. The van der Waals surface area contributed by atoms with Gasteiger partial charge in [-0.15, -0.1) is 0 Å². The molecule has 1 N–H and O–H groups in total. The van der Waals surface area contributed by atoms with Crippen molar-refractivity contribution in [3.05, 3.63) is 40.9 Å². The summed E-state index contributed by atoms with van der Waals surface area (Å²) in [6.45, 7) is 2.15. The molecule has 1 aromatic heterocycles. The molecule has 20 heavy (non-hydrogen) atoms. The minimum absolute atomic E-state index is 0.534. The molecule has 1 saturated heterocycles. The fraction of sp³-hybridized carbons (Fsp3) is 0.400. The van der Waals surface area contributed by atoms with Crippen LogP contribution in [-0.2, 0) is 0 Å². The van der Waals surface area contributed by atoms with Crippen molar-refractivity contribution in [2.24, 2.45) is 0 Å². The number of aromatic nitrogens is 2. The van der Waals surface area contributed by atoms with Crippen LogP contribution in [0, 0.1) is 0 Å². The lowest BCUT2D eigenvalue weighted by atomic mass is 9.96. The van der Waals surface area contributed by atoms with Crippen LogP contribution in [0.4, 0.5) is 0 Å². The van der Waals surface area contributed by atoms with Gasteiger partial charge in [-0.25, -0.2) is 4.98 Å². The molecule has 2 heterocycles. The van der Waals surface area contributed by atoms with Gasteiger partial charge in [0.05, 0.1) is 17.9 Å². The number of hydrogen-bond donors (Lipinski definition) is 1. The van der Waals surface area contributed by atoms with E-state index in [4.69, 9.17) is 4.74 Å². The van der Waals surface area contributed by atoms with Gasteiger partial charge in [-0.2, -0.15) is 0 Å². The van der Waals surface area contributed by atoms with Gasteiger partial charge in [-0.3, -0.25) is 0 Å². The zero-order chi connectivity index (χ0) is 13.9. The minimum atomic E-state index is 0.534. The minimum Gasteiger partial charge on any atom is -0.496 e. The molecular formula is C15H18BrN3O. The maximum atomic E-state index is 5.28. The molecule has 1 aromatic carbocycles. The molecule has 0 amide bonds. The summed E-state index contributed by atoms with van der Waals surface area (Å²) < 4.78 is 8.41. The number of imidazole rings is 1. The van der Waals surface area contributed by atoms with Gasteiger partial charge in [0.15, 0.2) is 0 Å². The van der Waals surface area contributed by atoms with Crippen molar-refractivity contribution in [1.82, 2.24) is 14.9 Å². The van der Waals surface area contributed by atoms with E-state index in [9.17, 15) is 0 Å². The molecule has 0 saturated carbocycles. The molecule has 0 spiro atoms. The number of piperidine rings is 1. The summed E-state index contributed by atoms with van der Waals surface area (Å²) in [4.78, 5) is 4.33. The highest BCUT2D eigenvalue weighted by Gasteiger charge is 2.19. The van der Waals surface area contributed by atoms with E-state index in [2.05, 4.69) is 42.9 Å². The Morgan fingerprint density at radius 1 is 1.45 bits per heavy atom. The molecule has 0 bridgehead atoms. The smallest absolute Gasteiger partial charge is 0.133 e. The van der Waals surface area contributed by atoms with Crippen molar-refractivity contribution in [2.45, 2.75) is 18.8 Å². The summed E-state index contributed by atoms with van der Waals surface area (Å²) in [5, 5.41) is 3.46. The molecule has 1 atom stereocenters. The Labute approximate surface area is 127 Å². The lowest BCUT2D eigenvalue weighted by Gasteiger charge is -2.24. The molecule has 2 aromatic rings. The highest BCUT2D eigenvalue weighted by molar-refractivity contribution is 9.10. The Morgan fingerprint density at radius 2 is 2.35 bits per heavy atom. The quantitative estimate of drug-likeness (QED) is 0.936. The number of rotatable bonds is 3. The van der Waals surface area contributed by atoms with Gasteiger partial charge in [0.1, 0.15) is 5.75 Å². The van der Waals surface area contributed by atoms with Crippen LogP contribution in [0.5, 0.6) is 5.75 Å². The van der Waals surface area contributed by atoms with E-state index < -0.39 is 0 Å². The van der Waals surface area contributed by atoms with E-state index in [-0.39, 0.29) is 0 Å². The van der Waals surface area contributed by atoms with Crippen molar-refractivity contribution < 1.29 is 4.74 Å². The molecular weight excluding hydrogens is 318 g/mol. The Morgan fingerprint density at radius 3 is 3.05 bits per heavy atom. The van der Waals surface area contributed by atoms with Crippen LogP contribution in [0.3, 0.4) is 0 Å². The molecule has 0 radical (unpaired) electrons. The van der Waals surface area contributed by atoms with Gasteiger partial charge in [0.2, 0.25) is 0 Å². The lowest BCUT2D eigenvalue weighted by molar-refractivity contribution is 0.412. The SMILES string of the molecule is COc1ccc(-n2cncc2C2CCCNC2)cc1Br. The first-order valence-corrected chi connectivity index (χ1v) is 7.66. The molecule has 4 nitrogen and oxygen atoms in total. The topological polar surface area (TPSA) is 39.1 Å². The summed E-state index contributed by atoms with van der Waals surface area (Å²) in [5.74, 6) is 1.38. The largest absolute Gasteiger partial charge is 0.496 e. The molecule has 1 fully saturated rings. The van der Waals surface area contributed by atoms with E-state index in [0.29, 0.717) is 5.92 Å². The first-order valence-electron chi connectivity index (χ1n) is 6.86. The van der Waals surface area contributed by atoms with E-state index in [1.54, 1.807) is 7.11 Å². The number of benzene rings is 1. The maximum Gasteiger partial charge on any atom is 0.133 e. The monoisotopic (exact) mass is 335 g/mol. The maximum absolute atomic E-state index is 5.28. The molecule has 3 rings (SSSR count). The lowest BCUT2D eigenvalue weighted by Crippen LogP contribution is -2.29. The van der Waals surface area contributed by atoms with Crippen LogP contribution in [-0.4, -0.2) is 29.8 Å². The number of nitrogens with one attached hydrogen (secondary N) is 1. The van der Waals surface area contributed by atoms with Gasteiger partial charge >= 0.3 is 0 Å². The van der Waals surface area contributed by atoms with Gasteiger partial charge in [-0.1, -0.05) is 0 Å². The molecule has 5 heteroatoms. The highest BCUT2D eigenvalue weighted by atomic mass is 79.9. The van der Waals surface area contributed by atoms with Crippen molar-refractivity contribution >= 4 is 15.9 Å². The third-order valence-electron chi connectivity index (χ3n) is 3.80. The van der Waals surface area contributed by atoms with Crippen molar-refractivity contribution in [3.8, 4) is 11.4 Å². The summed E-state index contributed by atoms with van der Waals surface area (Å²) >= 11 is 3.54. The highest BCUT2D eigenvalue weighted by Crippen LogP contribution is 2.30. The number of halogens is 1. The Kier molecular flexibility index (Phi) is 4.08. The zero-order valence-electron chi connectivity index (χ0n) is 11.5. The fourth-order valence-corrected chi connectivity index (χ4v) is 3.26. The van der Waals surface area contributed by atoms with E-state index in [0.717, 1.165) is 29.0 Å². The average Bonchev–Trinajstić information content (AvgIpc) is 2.97. The van der Waals surface area contributed by atoms with E-state index in [1.165, 1.54) is 18.5 Å². The van der Waals surface area contributed by atoms with Crippen molar-refractivity contribution in [1.29, 1.82) is 0 Å². The molecule has 1 unspecified atom stereocenters. The molecule has 0 aliphatic carbocycles. The average molecular weight is 336 g/mol. The van der Waals surface area contributed by atoms with Crippen LogP contribution in [0.1, 0.15) is 24.5 Å². The Balaban J connectivity index is 1.94. The van der Waals surface area contributed by atoms with E-state index >= 15 is 0 Å². The fourth-order valence-electron chi connectivity index (χ4n) is 2.73. The predicted octanol–water partition coefficient (Wildman–Crippen LogP) is 3.11. The third-order valence-corrected chi connectivity index (χ3v) is 4.42. The predicted molar refractivity (Wildman–Crippen MR) is 82.7 cm³/mol. The first-order chi connectivity index (χ1) is 9.79. The number of nitrogens with zero attached hydrogens (tertiary/aromatic N) is 2. The molecule has 1 aliphatic rings. The van der Waals surface area contributed by atoms with Crippen molar-refractivity contribution in [2.75, 3.05) is 20.2 Å². The standard InChI is InChI=1S/C15H18BrN3O/c1-20-15-5-4-12(7-13(15)16)19-10-18-9-14(19)11-3-2-6-17-8-11/h4-5,7,9-11,17H,2-3,6,8H2,1H3. The van der Waals surface area contributed by atoms with Gasteiger partial charge in [-0.05, 0) is 53.5 Å². The summed E-state index contributed by atoms with van der Waals surface area (Å²) in [6.07, 6.45) is 6.31.